The van der Waals surface area contributed by atoms with Gasteiger partial charge in [0, 0.05) is 12.6 Å². The summed E-state index contributed by atoms with van der Waals surface area (Å²) < 4.78 is 0. The van der Waals surface area contributed by atoms with Gasteiger partial charge in [0.05, 0.1) is 0 Å². The summed E-state index contributed by atoms with van der Waals surface area (Å²) in [5.74, 6) is 5.37. The van der Waals surface area contributed by atoms with Crippen LogP contribution in [0.5, 0.6) is 0 Å². The molecule has 4 aliphatic carbocycles. The highest BCUT2D eigenvalue weighted by molar-refractivity contribution is 4.98. The van der Waals surface area contributed by atoms with E-state index in [1.165, 1.54) is 6.54 Å². The molecular weight excluding hydrogens is 220 g/mol. The molecule has 4 bridgehead atoms. The van der Waals surface area contributed by atoms with E-state index in [1.54, 1.807) is 32.1 Å². The van der Waals surface area contributed by atoms with Gasteiger partial charge in [0.2, 0.25) is 0 Å². The van der Waals surface area contributed by atoms with Crippen molar-refractivity contribution in [3.8, 4) is 0 Å². The molecule has 2 nitrogen and oxygen atoms in total. The van der Waals surface area contributed by atoms with Crippen molar-refractivity contribution in [3.63, 3.8) is 0 Å². The molecule has 4 rings (SSSR count). The summed E-state index contributed by atoms with van der Waals surface area (Å²) in [6.07, 6.45) is 7.80. The lowest BCUT2D eigenvalue weighted by atomic mass is 9.52. The van der Waals surface area contributed by atoms with Gasteiger partial charge in [-0.15, -0.1) is 0 Å². The number of hydrogen-bond acceptors (Lipinski definition) is 2. The molecule has 104 valence electrons. The molecule has 0 aromatic rings. The Hall–Kier alpha value is -0.0800. The monoisotopic (exact) mass is 250 g/mol. The van der Waals surface area contributed by atoms with Gasteiger partial charge in [-0.05, 0) is 81.7 Å². The standard InChI is InChI=1S/C16H30N2/c1-3-17-9-11(2)18-10-16-14-5-12-4-13(7-14)8-15(16)6-12/h11-18H,3-10H2,1-2H3. The maximum Gasteiger partial charge on any atom is 0.0164 e. The van der Waals surface area contributed by atoms with E-state index in [1.807, 2.05) is 0 Å². The maximum atomic E-state index is 3.78. The third kappa shape index (κ3) is 2.60. The van der Waals surface area contributed by atoms with Gasteiger partial charge < -0.3 is 10.6 Å². The largest absolute Gasteiger partial charge is 0.315 e. The Morgan fingerprint density at radius 2 is 1.61 bits per heavy atom. The van der Waals surface area contributed by atoms with Crippen molar-refractivity contribution >= 4 is 0 Å². The Morgan fingerprint density at radius 1 is 1.00 bits per heavy atom. The molecule has 1 unspecified atom stereocenters. The normalized spacial score (nSPS) is 43.3. The average Bonchev–Trinajstić information content (AvgIpc) is 2.34. The highest BCUT2D eigenvalue weighted by atomic mass is 15.0. The van der Waals surface area contributed by atoms with Crippen molar-refractivity contribution in [2.75, 3.05) is 19.6 Å². The van der Waals surface area contributed by atoms with Crippen LogP contribution in [-0.2, 0) is 0 Å². The van der Waals surface area contributed by atoms with Gasteiger partial charge in [0.25, 0.3) is 0 Å². The zero-order valence-electron chi connectivity index (χ0n) is 12.1. The summed E-state index contributed by atoms with van der Waals surface area (Å²) in [6.45, 7) is 7.98. The van der Waals surface area contributed by atoms with Crippen molar-refractivity contribution < 1.29 is 0 Å². The minimum atomic E-state index is 0.627. The van der Waals surface area contributed by atoms with Crippen LogP contribution in [0.1, 0.15) is 46.0 Å². The van der Waals surface area contributed by atoms with Crippen LogP contribution in [0.4, 0.5) is 0 Å². The van der Waals surface area contributed by atoms with Crippen LogP contribution >= 0.6 is 0 Å². The fourth-order valence-electron chi connectivity index (χ4n) is 5.14. The predicted octanol–water partition coefficient (Wildman–Crippen LogP) is 2.65. The van der Waals surface area contributed by atoms with Crippen LogP contribution < -0.4 is 10.6 Å². The van der Waals surface area contributed by atoms with Crippen molar-refractivity contribution in [1.29, 1.82) is 0 Å². The zero-order chi connectivity index (χ0) is 12.5. The highest BCUT2D eigenvalue weighted by Gasteiger charge is 2.47. The van der Waals surface area contributed by atoms with E-state index in [-0.39, 0.29) is 0 Å². The smallest absolute Gasteiger partial charge is 0.0164 e. The first kappa shape index (κ1) is 12.9. The molecule has 0 aliphatic heterocycles. The molecule has 0 aromatic carbocycles. The number of likely N-dealkylation sites (N-methyl/N-ethyl adjacent to an activating group) is 1. The van der Waals surface area contributed by atoms with Crippen LogP contribution in [0.25, 0.3) is 0 Å². The Balaban J connectivity index is 1.48. The SMILES string of the molecule is CCNCC(C)NCC1C2CC3CC(C2)CC1C3. The van der Waals surface area contributed by atoms with Crippen molar-refractivity contribution in [3.05, 3.63) is 0 Å². The number of rotatable bonds is 6. The van der Waals surface area contributed by atoms with E-state index in [0.29, 0.717) is 6.04 Å². The van der Waals surface area contributed by atoms with Gasteiger partial charge in [-0.2, -0.15) is 0 Å². The Morgan fingerprint density at radius 3 is 2.17 bits per heavy atom. The number of nitrogens with one attached hydrogen (secondary N) is 2. The second kappa shape index (κ2) is 5.50. The fourth-order valence-corrected chi connectivity index (χ4v) is 5.14. The lowest BCUT2D eigenvalue weighted by molar-refractivity contribution is -0.0361. The van der Waals surface area contributed by atoms with Crippen molar-refractivity contribution in [1.82, 2.24) is 10.6 Å². The van der Waals surface area contributed by atoms with E-state index < -0.39 is 0 Å². The quantitative estimate of drug-likeness (QED) is 0.757. The van der Waals surface area contributed by atoms with Crippen LogP contribution in [0, 0.1) is 29.6 Å². The van der Waals surface area contributed by atoms with Crippen molar-refractivity contribution in [2.24, 2.45) is 29.6 Å². The van der Waals surface area contributed by atoms with Crippen LogP contribution in [0.3, 0.4) is 0 Å². The molecule has 0 saturated heterocycles. The molecule has 2 N–H and O–H groups in total. The van der Waals surface area contributed by atoms with Crippen LogP contribution in [0.15, 0.2) is 0 Å². The maximum absolute atomic E-state index is 3.78. The van der Waals surface area contributed by atoms with E-state index in [4.69, 9.17) is 0 Å². The predicted molar refractivity (Wildman–Crippen MR) is 76.5 cm³/mol. The van der Waals surface area contributed by atoms with Gasteiger partial charge in [0.15, 0.2) is 0 Å². The molecule has 1 atom stereocenters. The fraction of sp³-hybridized carbons (Fsp3) is 1.00. The summed E-state index contributed by atoms with van der Waals surface area (Å²) in [7, 11) is 0. The van der Waals surface area contributed by atoms with Gasteiger partial charge in [-0.3, -0.25) is 0 Å². The van der Waals surface area contributed by atoms with Gasteiger partial charge in [0.1, 0.15) is 0 Å². The summed E-state index contributed by atoms with van der Waals surface area (Å²) >= 11 is 0. The van der Waals surface area contributed by atoms with Gasteiger partial charge in [-0.1, -0.05) is 6.92 Å². The Labute approximate surface area is 112 Å². The van der Waals surface area contributed by atoms with E-state index in [2.05, 4.69) is 24.5 Å². The molecule has 0 spiro atoms. The molecule has 0 radical (unpaired) electrons. The highest BCUT2D eigenvalue weighted by Crippen LogP contribution is 2.56. The van der Waals surface area contributed by atoms with Gasteiger partial charge in [-0.25, -0.2) is 0 Å². The molecule has 18 heavy (non-hydrogen) atoms. The first-order valence-corrected chi connectivity index (χ1v) is 8.20. The molecule has 4 aliphatic rings. The number of hydrogen-bond donors (Lipinski definition) is 2. The second-order valence-electron chi connectivity index (χ2n) is 7.21. The molecule has 0 heterocycles. The molecule has 0 amide bonds. The minimum Gasteiger partial charge on any atom is -0.315 e. The summed E-state index contributed by atoms with van der Waals surface area (Å²) in [6, 6.07) is 0.627. The average molecular weight is 250 g/mol. The first-order valence-electron chi connectivity index (χ1n) is 8.20. The first-order chi connectivity index (χ1) is 8.76. The zero-order valence-corrected chi connectivity index (χ0v) is 12.1. The van der Waals surface area contributed by atoms with Crippen LogP contribution in [0.2, 0.25) is 0 Å². The third-order valence-corrected chi connectivity index (χ3v) is 5.82. The Kier molecular flexibility index (Phi) is 3.95. The van der Waals surface area contributed by atoms with Crippen LogP contribution in [-0.4, -0.2) is 25.7 Å². The topological polar surface area (TPSA) is 24.1 Å². The molecule has 0 aromatic heterocycles. The van der Waals surface area contributed by atoms with E-state index >= 15 is 0 Å². The molecule has 2 heteroatoms. The summed E-state index contributed by atoms with van der Waals surface area (Å²) in [5, 5.41) is 7.22. The van der Waals surface area contributed by atoms with Crippen molar-refractivity contribution in [2.45, 2.75) is 52.0 Å². The van der Waals surface area contributed by atoms with E-state index in [0.717, 1.165) is 42.7 Å². The molecular formula is C16H30N2. The second-order valence-corrected chi connectivity index (χ2v) is 7.21. The van der Waals surface area contributed by atoms with Gasteiger partial charge >= 0.3 is 0 Å². The summed E-state index contributed by atoms with van der Waals surface area (Å²) in [4.78, 5) is 0. The lowest BCUT2D eigenvalue weighted by Gasteiger charge is -2.54. The lowest BCUT2D eigenvalue weighted by Crippen LogP contribution is -2.50. The Bertz CT molecular complexity index is 248. The third-order valence-electron chi connectivity index (χ3n) is 5.82. The van der Waals surface area contributed by atoms with E-state index in [9.17, 15) is 0 Å². The molecule has 4 saturated carbocycles. The summed E-state index contributed by atoms with van der Waals surface area (Å²) in [5.41, 5.74) is 0. The minimum absolute atomic E-state index is 0.627. The molecule has 4 fully saturated rings.